The predicted molar refractivity (Wildman–Crippen MR) is 73.3 cm³/mol. The molecule has 0 aromatic heterocycles. The molecule has 2 rings (SSSR count). The van der Waals surface area contributed by atoms with Gasteiger partial charge in [-0.1, -0.05) is 19.4 Å². The molecule has 19 heavy (non-hydrogen) atoms. The van der Waals surface area contributed by atoms with Gasteiger partial charge < -0.3 is 15.1 Å². The van der Waals surface area contributed by atoms with E-state index in [0.717, 1.165) is 25.7 Å². The van der Waals surface area contributed by atoms with Crippen LogP contribution in [-0.4, -0.2) is 34.1 Å². The highest BCUT2D eigenvalue weighted by molar-refractivity contribution is 5.99. The molecule has 1 aromatic carbocycles. The molecule has 1 aliphatic heterocycles. The predicted octanol–water partition coefficient (Wildman–Crippen LogP) is 2.75. The van der Waals surface area contributed by atoms with E-state index in [1.165, 1.54) is 18.2 Å². The van der Waals surface area contributed by atoms with Crippen LogP contribution in [0.15, 0.2) is 18.2 Å². The van der Waals surface area contributed by atoms with E-state index < -0.39 is 0 Å². The van der Waals surface area contributed by atoms with Crippen molar-refractivity contribution < 1.29 is 15.0 Å². The van der Waals surface area contributed by atoms with Crippen molar-refractivity contribution in [2.24, 2.45) is 5.92 Å². The van der Waals surface area contributed by atoms with Crippen LogP contribution in [0.5, 0.6) is 11.5 Å². The lowest BCUT2D eigenvalue weighted by atomic mass is 9.98. The summed E-state index contributed by atoms with van der Waals surface area (Å²) in [6, 6.07) is 4.39. The number of aromatic hydroxyl groups is 2. The van der Waals surface area contributed by atoms with E-state index in [9.17, 15) is 15.0 Å². The van der Waals surface area contributed by atoms with Gasteiger partial charge in [0.05, 0.1) is 0 Å². The molecule has 104 valence electrons. The van der Waals surface area contributed by atoms with Crippen LogP contribution >= 0.6 is 0 Å². The molecule has 0 bridgehead atoms. The fraction of sp³-hybridized carbons (Fsp3) is 0.533. The van der Waals surface area contributed by atoms with E-state index in [0.29, 0.717) is 19.0 Å². The highest BCUT2D eigenvalue weighted by Gasteiger charge is 2.24. The zero-order chi connectivity index (χ0) is 13.8. The quantitative estimate of drug-likeness (QED) is 0.862. The van der Waals surface area contributed by atoms with E-state index in [-0.39, 0.29) is 23.0 Å². The van der Waals surface area contributed by atoms with E-state index in [4.69, 9.17) is 0 Å². The smallest absolute Gasteiger partial charge is 0.261 e. The van der Waals surface area contributed by atoms with E-state index in [1.807, 2.05) is 0 Å². The maximum Gasteiger partial charge on any atom is 0.261 e. The first kappa shape index (κ1) is 13.7. The van der Waals surface area contributed by atoms with Gasteiger partial charge in [0.2, 0.25) is 0 Å². The SMILES string of the molecule is CCC1CCCN(C(=O)c2c(O)cccc2O)CC1. The fourth-order valence-corrected chi connectivity index (χ4v) is 2.68. The summed E-state index contributed by atoms with van der Waals surface area (Å²) in [5.41, 5.74) is 0.0254. The lowest BCUT2D eigenvalue weighted by Crippen LogP contribution is -2.32. The molecule has 0 radical (unpaired) electrons. The third-order valence-electron chi connectivity index (χ3n) is 3.95. The van der Waals surface area contributed by atoms with Gasteiger partial charge in [-0.05, 0) is 37.3 Å². The maximum absolute atomic E-state index is 12.4. The number of phenols is 2. The van der Waals surface area contributed by atoms with Gasteiger partial charge in [0.1, 0.15) is 17.1 Å². The Hall–Kier alpha value is -1.71. The largest absolute Gasteiger partial charge is 0.507 e. The van der Waals surface area contributed by atoms with Crippen molar-refractivity contribution in [2.75, 3.05) is 13.1 Å². The molecule has 0 aliphatic carbocycles. The van der Waals surface area contributed by atoms with Gasteiger partial charge in [0.15, 0.2) is 0 Å². The Morgan fingerprint density at radius 2 is 1.95 bits per heavy atom. The monoisotopic (exact) mass is 263 g/mol. The summed E-state index contributed by atoms with van der Waals surface area (Å²) in [5.74, 6) is 0.102. The minimum atomic E-state index is -0.271. The number of rotatable bonds is 2. The van der Waals surface area contributed by atoms with Crippen LogP contribution in [0.1, 0.15) is 43.0 Å². The van der Waals surface area contributed by atoms with E-state index in [2.05, 4.69) is 6.92 Å². The normalized spacial score (nSPS) is 20.1. The summed E-state index contributed by atoms with van der Waals surface area (Å²) in [7, 11) is 0. The number of likely N-dealkylation sites (tertiary alicyclic amines) is 1. The Kier molecular flexibility index (Phi) is 4.30. The van der Waals surface area contributed by atoms with Crippen molar-refractivity contribution >= 4 is 5.91 Å². The summed E-state index contributed by atoms with van der Waals surface area (Å²) in [5, 5.41) is 19.5. The molecule has 1 fully saturated rings. The zero-order valence-electron chi connectivity index (χ0n) is 11.3. The number of nitrogens with zero attached hydrogens (tertiary/aromatic N) is 1. The van der Waals surface area contributed by atoms with Crippen molar-refractivity contribution in [2.45, 2.75) is 32.6 Å². The van der Waals surface area contributed by atoms with Gasteiger partial charge >= 0.3 is 0 Å². The van der Waals surface area contributed by atoms with Crippen LogP contribution in [0.2, 0.25) is 0 Å². The van der Waals surface area contributed by atoms with Crippen LogP contribution < -0.4 is 0 Å². The molecule has 1 heterocycles. The van der Waals surface area contributed by atoms with Crippen molar-refractivity contribution in [3.05, 3.63) is 23.8 Å². The fourth-order valence-electron chi connectivity index (χ4n) is 2.68. The number of phenolic OH excluding ortho intramolecular Hbond substituents is 2. The Morgan fingerprint density at radius 1 is 1.26 bits per heavy atom. The molecular weight excluding hydrogens is 242 g/mol. The topological polar surface area (TPSA) is 60.8 Å². The number of benzene rings is 1. The Balaban J connectivity index is 2.15. The number of hydrogen-bond donors (Lipinski definition) is 2. The molecule has 4 nitrogen and oxygen atoms in total. The third kappa shape index (κ3) is 3.00. The van der Waals surface area contributed by atoms with Crippen molar-refractivity contribution in [1.82, 2.24) is 4.90 Å². The van der Waals surface area contributed by atoms with Crippen LogP contribution in [0.3, 0.4) is 0 Å². The maximum atomic E-state index is 12.4. The molecule has 0 saturated carbocycles. The Labute approximate surface area is 113 Å². The minimum absolute atomic E-state index is 0.0254. The molecule has 1 unspecified atom stereocenters. The standard InChI is InChI=1S/C15H21NO3/c1-2-11-5-4-9-16(10-8-11)15(19)14-12(17)6-3-7-13(14)18/h3,6-7,11,17-18H,2,4-5,8-10H2,1H3. The van der Waals surface area contributed by atoms with E-state index in [1.54, 1.807) is 4.90 Å². The van der Waals surface area contributed by atoms with Gasteiger partial charge in [-0.25, -0.2) is 0 Å². The molecule has 1 aliphatic rings. The first-order chi connectivity index (χ1) is 9.13. The second-order valence-corrected chi connectivity index (χ2v) is 5.17. The lowest BCUT2D eigenvalue weighted by Gasteiger charge is -2.21. The average Bonchev–Trinajstić information content (AvgIpc) is 2.63. The first-order valence-electron chi connectivity index (χ1n) is 6.93. The number of carbonyl (C=O) groups is 1. The second-order valence-electron chi connectivity index (χ2n) is 5.17. The zero-order valence-corrected chi connectivity index (χ0v) is 11.3. The highest BCUT2D eigenvalue weighted by atomic mass is 16.3. The molecule has 1 aromatic rings. The van der Waals surface area contributed by atoms with Gasteiger partial charge in [0.25, 0.3) is 5.91 Å². The molecule has 2 N–H and O–H groups in total. The second kappa shape index (κ2) is 5.95. The van der Waals surface area contributed by atoms with Gasteiger partial charge in [-0.15, -0.1) is 0 Å². The van der Waals surface area contributed by atoms with Crippen LogP contribution in [0.25, 0.3) is 0 Å². The summed E-state index contributed by atoms with van der Waals surface area (Å²) in [6.45, 7) is 3.57. The average molecular weight is 263 g/mol. The van der Waals surface area contributed by atoms with E-state index >= 15 is 0 Å². The Bertz CT molecular complexity index is 438. The van der Waals surface area contributed by atoms with Crippen LogP contribution in [0.4, 0.5) is 0 Å². The molecule has 0 spiro atoms. The van der Waals surface area contributed by atoms with Gasteiger partial charge in [0, 0.05) is 13.1 Å². The van der Waals surface area contributed by atoms with Crippen LogP contribution in [0, 0.1) is 5.92 Å². The molecular formula is C15H21NO3. The number of amides is 1. The summed E-state index contributed by atoms with van der Waals surface area (Å²) < 4.78 is 0. The summed E-state index contributed by atoms with van der Waals surface area (Å²) in [4.78, 5) is 14.1. The van der Waals surface area contributed by atoms with Crippen molar-refractivity contribution in [3.63, 3.8) is 0 Å². The van der Waals surface area contributed by atoms with Crippen LogP contribution in [-0.2, 0) is 0 Å². The molecule has 1 saturated heterocycles. The van der Waals surface area contributed by atoms with Gasteiger partial charge in [-0.3, -0.25) is 4.79 Å². The van der Waals surface area contributed by atoms with Crippen molar-refractivity contribution in [1.29, 1.82) is 0 Å². The van der Waals surface area contributed by atoms with Gasteiger partial charge in [-0.2, -0.15) is 0 Å². The summed E-state index contributed by atoms with van der Waals surface area (Å²) >= 11 is 0. The number of carbonyl (C=O) groups excluding carboxylic acids is 1. The summed E-state index contributed by atoms with van der Waals surface area (Å²) in [6.07, 6.45) is 4.27. The third-order valence-corrected chi connectivity index (χ3v) is 3.95. The first-order valence-corrected chi connectivity index (χ1v) is 6.93. The minimum Gasteiger partial charge on any atom is -0.507 e. The lowest BCUT2D eigenvalue weighted by molar-refractivity contribution is 0.0753. The number of hydrogen-bond acceptors (Lipinski definition) is 3. The molecule has 1 amide bonds. The highest BCUT2D eigenvalue weighted by Crippen LogP contribution is 2.29. The Morgan fingerprint density at radius 3 is 2.58 bits per heavy atom. The molecule has 4 heteroatoms. The molecule has 1 atom stereocenters. The van der Waals surface area contributed by atoms with Crippen molar-refractivity contribution in [3.8, 4) is 11.5 Å².